The van der Waals surface area contributed by atoms with E-state index in [0.717, 1.165) is 0 Å². The predicted octanol–water partition coefficient (Wildman–Crippen LogP) is -8.94. The number of benzene rings is 1. The number of carbonyl (C=O) groups excluding carboxylic acids is 5. The van der Waals surface area contributed by atoms with Crippen molar-refractivity contribution in [3.8, 4) is 5.75 Å². The molecule has 506 valence electrons. The summed E-state index contributed by atoms with van der Waals surface area (Å²) in [7, 11) is 1.51. The molecule has 3 saturated heterocycles. The Hall–Kier alpha value is -4.55. The van der Waals surface area contributed by atoms with Crippen molar-refractivity contribution < 1.29 is 132 Å². The number of amides is 5. The highest BCUT2D eigenvalue weighted by molar-refractivity contribution is 5.86. The molecule has 1 aromatic rings. The summed E-state index contributed by atoms with van der Waals surface area (Å²) in [4.78, 5) is 66.2. The van der Waals surface area contributed by atoms with Gasteiger partial charge in [-0.05, 0) is 24.1 Å². The highest BCUT2D eigenvalue weighted by atomic mass is 16.7. The first-order valence-corrected chi connectivity index (χ1v) is 29.0. The van der Waals surface area contributed by atoms with Crippen LogP contribution in [0.5, 0.6) is 5.75 Å². The van der Waals surface area contributed by atoms with Gasteiger partial charge in [0.1, 0.15) is 72.8 Å². The zero-order valence-corrected chi connectivity index (χ0v) is 49.9. The summed E-state index contributed by atoms with van der Waals surface area (Å²) in [5, 5.41) is 103. The number of nitrogens with zero attached hydrogens (tertiary/aromatic N) is 1. The van der Waals surface area contributed by atoms with Gasteiger partial charge in [-0.15, -0.1) is 0 Å². The number of aliphatic hydroxyl groups excluding tert-OH is 9. The van der Waals surface area contributed by atoms with Gasteiger partial charge in [-0.25, -0.2) is 0 Å². The van der Waals surface area contributed by atoms with Gasteiger partial charge in [0.2, 0.25) is 29.5 Å². The number of nitrogens with two attached hydrogens (primary N) is 1. The quantitative estimate of drug-likeness (QED) is 0.0270. The minimum absolute atomic E-state index is 0.0164. The molecule has 16 N–H and O–H groups in total. The molecule has 3 heterocycles. The molecule has 0 spiro atoms. The van der Waals surface area contributed by atoms with E-state index in [1.54, 1.807) is 24.3 Å². The molecule has 34 heteroatoms. The number of aliphatic hydroxyl groups is 9. The van der Waals surface area contributed by atoms with Crippen LogP contribution in [0.3, 0.4) is 0 Å². The zero-order chi connectivity index (χ0) is 64.4. The first-order chi connectivity index (χ1) is 42.3. The highest BCUT2D eigenvalue weighted by Crippen LogP contribution is 2.25. The number of nitrogens with one attached hydrogen (secondary N) is 5. The van der Waals surface area contributed by atoms with Crippen LogP contribution in [-0.2, 0) is 87.2 Å². The van der Waals surface area contributed by atoms with Crippen molar-refractivity contribution in [1.82, 2.24) is 31.5 Å². The van der Waals surface area contributed by atoms with E-state index < -0.39 is 160 Å². The summed E-state index contributed by atoms with van der Waals surface area (Å²) < 4.78 is 72.2. The van der Waals surface area contributed by atoms with E-state index in [4.69, 9.17) is 67.3 Å². The van der Waals surface area contributed by atoms with E-state index in [1.165, 1.54) is 25.9 Å². The number of hydrogen-bond acceptors (Lipinski definition) is 29. The fourth-order valence-corrected chi connectivity index (χ4v) is 9.13. The lowest BCUT2D eigenvalue weighted by atomic mass is 9.97. The van der Waals surface area contributed by atoms with Crippen LogP contribution in [0.4, 0.5) is 0 Å². The molecule has 3 fully saturated rings. The van der Waals surface area contributed by atoms with E-state index in [2.05, 4.69) is 26.6 Å². The van der Waals surface area contributed by atoms with Gasteiger partial charge in [-0.1, -0.05) is 12.1 Å². The van der Waals surface area contributed by atoms with Crippen LogP contribution in [0.2, 0.25) is 0 Å². The average molecular weight is 1270 g/mol. The van der Waals surface area contributed by atoms with Crippen molar-refractivity contribution >= 4 is 29.5 Å². The maximum atomic E-state index is 14.2. The molecular weight excluding hydrogens is 1180 g/mol. The van der Waals surface area contributed by atoms with Gasteiger partial charge < -0.3 is 140 Å². The summed E-state index contributed by atoms with van der Waals surface area (Å²) in [6, 6.07) is 2.57. The lowest BCUT2D eigenvalue weighted by Gasteiger charge is -2.42. The summed E-state index contributed by atoms with van der Waals surface area (Å²) in [5.74, 6) is -2.02. The van der Waals surface area contributed by atoms with E-state index >= 15 is 0 Å². The Kier molecular flexibility index (Phi) is 36.7. The topological polar surface area (TPSA) is 477 Å². The first kappa shape index (κ1) is 75.9. The van der Waals surface area contributed by atoms with E-state index in [-0.39, 0.29) is 125 Å². The maximum Gasteiger partial charge on any atom is 0.237 e. The van der Waals surface area contributed by atoms with Gasteiger partial charge in [0.15, 0.2) is 18.9 Å². The first-order valence-electron chi connectivity index (χ1n) is 29.0. The van der Waals surface area contributed by atoms with Crippen molar-refractivity contribution in [2.75, 3.05) is 159 Å². The molecule has 0 aliphatic carbocycles. The largest absolute Gasteiger partial charge is 0.497 e. The third-order valence-corrected chi connectivity index (χ3v) is 13.8. The molecule has 0 aromatic heterocycles. The Morgan fingerprint density at radius 2 is 0.852 bits per heavy atom. The number of ether oxygens (including phenoxy) is 13. The second kappa shape index (κ2) is 42.5. The summed E-state index contributed by atoms with van der Waals surface area (Å²) in [6.45, 7) is 1.00. The summed E-state index contributed by atoms with van der Waals surface area (Å²) in [6.07, 6.45) is -15.3. The highest BCUT2D eigenvalue weighted by Gasteiger charge is 2.47. The van der Waals surface area contributed by atoms with Crippen LogP contribution in [0, 0.1) is 0 Å². The van der Waals surface area contributed by atoms with Crippen LogP contribution in [0.15, 0.2) is 24.3 Å². The number of methoxy groups -OCH3 is 1. The maximum absolute atomic E-state index is 14.2. The molecule has 0 bridgehead atoms. The Bertz CT molecular complexity index is 2130. The molecule has 16 atom stereocenters. The zero-order valence-electron chi connectivity index (χ0n) is 49.9. The molecule has 5 amide bonds. The lowest BCUT2D eigenvalue weighted by molar-refractivity contribution is -0.272. The predicted molar refractivity (Wildman–Crippen MR) is 300 cm³/mol. The number of hydrogen-bond donors (Lipinski definition) is 15. The van der Waals surface area contributed by atoms with Gasteiger partial charge >= 0.3 is 0 Å². The fourth-order valence-electron chi connectivity index (χ4n) is 9.13. The van der Waals surface area contributed by atoms with Gasteiger partial charge in [0.05, 0.1) is 151 Å². The molecule has 1 aromatic carbocycles. The van der Waals surface area contributed by atoms with Crippen molar-refractivity contribution in [3.05, 3.63) is 29.8 Å². The molecule has 16 unspecified atom stereocenters. The van der Waals surface area contributed by atoms with E-state index in [1.807, 2.05) is 0 Å². The molecule has 4 rings (SSSR count). The number of carbonyl (C=O) groups is 5. The van der Waals surface area contributed by atoms with Gasteiger partial charge in [-0.2, -0.15) is 0 Å². The molecule has 3 aliphatic heterocycles. The Balaban J connectivity index is 1.26. The molecule has 88 heavy (non-hydrogen) atoms. The van der Waals surface area contributed by atoms with Crippen molar-refractivity contribution in [2.45, 2.75) is 118 Å². The molecular formula is C54H93N7O27. The Morgan fingerprint density at radius 3 is 1.24 bits per heavy atom. The van der Waals surface area contributed by atoms with Crippen LogP contribution < -0.4 is 37.1 Å². The van der Waals surface area contributed by atoms with Crippen LogP contribution in [-0.4, -0.2) is 337 Å². The SMILES string of the molecule is COc1ccc(CC(C(=O)NCCOCCOCCOC2OC(CO)C(O)C(O)C2NC(C)=O)N(CC(=O)NCCOCCOCCOC2OC(CO)C(O)C(O)C2N)CC(=O)NCCOCCOCCOC2OC(CO)C(O)C(O)C2NC(C)=O)cc1. The smallest absolute Gasteiger partial charge is 0.237 e. The average Bonchev–Trinajstić information content (AvgIpc) is 1.40. The molecule has 3 aliphatic rings. The van der Waals surface area contributed by atoms with Crippen LogP contribution >= 0.6 is 0 Å². The van der Waals surface area contributed by atoms with Crippen LogP contribution in [0.25, 0.3) is 0 Å². The van der Waals surface area contributed by atoms with Gasteiger partial charge in [-0.3, -0.25) is 28.9 Å². The van der Waals surface area contributed by atoms with Crippen molar-refractivity contribution in [2.24, 2.45) is 5.73 Å². The summed E-state index contributed by atoms with van der Waals surface area (Å²) >= 11 is 0. The minimum Gasteiger partial charge on any atom is -0.497 e. The van der Waals surface area contributed by atoms with Crippen molar-refractivity contribution in [3.63, 3.8) is 0 Å². The molecule has 34 nitrogen and oxygen atoms in total. The van der Waals surface area contributed by atoms with Crippen molar-refractivity contribution in [1.29, 1.82) is 0 Å². The number of rotatable bonds is 44. The second-order valence-corrected chi connectivity index (χ2v) is 20.4. The lowest BCUT2D eigenvalue weighted by Crippen LogP contribution is -2.64. The van der Waals surface area contributed by atoms with E-state index in [0.29, 0.717) is 11.3 Å². The minimum atomic E-state index is -1.47. The van der Waals surface area contributed by atoms with Crippen LogP contribution in [0.1, 0.15) is 19.4 Å². The third kappa shape index (κ3) is 26.7. The normalized spacial score (nSPS) is 27.5. The second-order valence-electron chi connectivity index (χ2n) is 20.4. The third-order valence-electron chi connectivity index (χ3n) is 13.8. The summed E-state index contributed by atoms with van der Waals surface area (Å²) in [5.41, 5.74) is 6.58. The molecule has 0 saturated carbocycles. The van der Waals surface area contributed by atoms with Gasteiger partial charge in [0, 0.05) is 33.5 Å². The fraction of sp³-hybridized carbons (Fsp3) is 0.796. The van der Waals surface area contributed by atoms with E-state index in [9.17, 15) is 69.9 Å². The molecule has 0 radical (unpaired) electrons. The standard InChI is InChI=1S/C54H93N7O27/c1-32(65)59-43-49(73)46(70)38(30-63)87-53(43)84-24-21-81-18-15-78-12-9-57-41(68)28-61(27-40(67)56-8-11-77-14-17-80-20-23-83-52-42(55)48(72)45(69)37(29-62)86-52)36(26-34-4-6-35(76-3)7-5-34)51(75)58-10-13-79-16-19-82-22-25-85-54-44(60-33(2)66)50(74)47(71)39(31-64)88-54/h4-7,36-39,42-50,52-54,62-64,69-74H,8-31,55H2,1-3H3,(H,56,67)(H,57,68)(H,58,75)(H,59,65)(H,60,66). The Morgan fingerprint density at radius 1 is 0.500 bits per heavy atom. The monoisotopic (exact) mass is 1270 g/mol. The Labute approximate surface area is 509 Å². The van der Waals surface area contributed by atoms with Gasteiger partial charge in [0.25, 0.3) is 0 Å².